The second-order valence-corrected chi connectivity index (χ2v) is 4.90. The molecule has 0 aliphatic heterocycles. The number of nitrogens with zero attached hydrogens (tertiary/aromatic N) is 1. The maximum Gasteiger partial charge on any atom is 0.269 e. The van der Waals surface area contributed by atoms with E-state index >= 15 is 0 Å². The number of hydrogen-bond acceptors (Lipinski definition) is 6. The van der Waals surface area contributed by atoms with E-state index in [-0.39, 0.29) is 11.1 Å². The molecule has 21 heavy (non-hydrogen) atoms. The van der Waals surface area contributed by atoms with Crippen molar-refractivity contribution in [3.8, 4) is 0 Å². The summed E-state index contributed by atoms with van der Waals surface area (Å²) in [5, 5.41) is 25.3. The molecule has 1 aromatic carbocycles. The van der Waals surface area contributed by atoms with Gasteiger partial charge >= 0.3 is 0 Å². The molecule has 2 unspecified atom stereocenters. The lowest BCUT2D eigenvalue weighted by atomic mass is 10.2. The summed E-state index contributed by atoms with van der Waals surface area (Å²) in [6.07, 6.45) is 0.196. The second kappa shape index (κ2) is 11.0. The van der Waals surface area contributed by atoms with Gasteiger partial charge in [-0.1, -0.05) is 0 Å². The molecule has 0 radical (unpaired) electrons. The van der Waals surface area contributed by atoms with E-state index in [9.17, 15) is 20.0 Å². The third kappa shape index (κ3) is 9.78. The maximum atomic E-state index is 10.4. The quantitative estimate of drug-likeness (QED) is 0.304. The lowest BCUT2D eigenvalue weighted by Crippen LogP contribution is -2.30. The highest BCUT2D eigenvalue weighted by atomic mass is 35.5. The SMILES string of the molecule is CC(Cl)C=O.CNCC(O)CNc1ccc([N+](=O)[O-])cc1. The predicted octanol–water partition coefficient (Wildman–Crippen LogP) is 1.40. The summed E-state index contributed by atoms with van der Waals surface area (Å²) in [7, 11) is 1.76. The van der Waals surface area contributed by atoms with Crippen LogP contribution in [0.5, 0.6) is 0 Å². The third-order valence-corrected chi connectivity index (χ3v) is 2.35. The number of halogens is 1. The summed E-state index contributed by atoms with van der Waals surface area (Å²) in [5.41, 5.74) is 0.807. The summed E-state index contributed by atoms with van der Waals surface area (Å²) < 4.78 is 0. The summed E-state index contributed by atoms with van der Waals surface area (Å²) >= 11 is 5.09. The number of nitro benzene ring substituents is 1. The van der Waals surface area contributed by atoms with Crippen molar-refractivity contribution >= 4 is 29.3 Å². The van der Waals surface area contributed by atoms with E-state index in [1.165, 1.54) is 12.1 Å². The number of non-ortho nitro benzene ring substituents is 1. The minimum Gasteiger partial charge on any atom is -0.390 e. The van der Waals surface area contributed by atoms with Crippen LogP contribution in [0, 0.1) is 10.1 Å². The zero-order chi connectivity index (χ0) is 16.3. The zero-order valence-electron chi connectivity index (χ0n) is 12.0. The van der Waals surface area contributed by atoms with Crippen LogP contribution in [0.4, 0.5) is 11.4 Å². The van der Waals surface area contributed by atoms with E-state index in [1.54, 1.807) is 26.1 Å². The van der Waals surface area contributed by atoms with Gasteiger partial charge in [0.2, 0.25) is 0 Å². The Bertz CT molecular complexity index is 426. The molecule has 1 rings (SSSR count). The fourth-order valence-corrected chi connectivity index (χ4v) is 1.24. The first-order chi connectivity index (χ1) is 9.90. The van der Waals surface area contributed by atoms with Gasteiger partial charge < -0.3 is 20.5 Å². The number of aliphatic hydroxyl groups is 1. The largest absolute Gasteiger partial charge is 0.390 e. The van der Waals surface area contributed by atoms with Crippen LogP contribution in [-0.2, 0) is 4.79 Å². The van der Waals surface area contributed by atoms with E-state index in [0.717, 1.165) is 5.69 Å². The molecular formula is C13H20ClN3O4. The number of aliphatic hydroxyl groups excluding tert-OH is 1. The van der Waals surface area contributed by atoms with Gasteiger partial charge in [0.25, 0.3) is 5.69 Å². The molecular weight excluding hydrogens is 298 g/mol. The van der Waals surface area contributed by atoms with Crippen molar-refractivity contribution in [3.63, 3.8) is 0 Å². The fraction of sp³-hybridized carbons (Fsp3) is 0.462. The molecule has 8 heteroatoms. The first-order valence-corrected chi connectivity index (χ1v) is 6.74. The molecule has 3 N–H and O–H groups in total. The fourth-order valence-electron chi connectivity index (χ4n) is 1.24. The number of carbonyl (C=O) groups excluding carboxylic acids is 1. The van der Waals surface area contributed by atoms with Crippen LogP contribution in [0.3, 0.4) is 0 Å². The van der Waals surface area contributed by atoms with Gasteiger partial charge in [-0.2, -0.15) is 0 Å². The highest BCUT2D eigenvalue weighted by Gasteiger charge is 2.05. The lowest BCUT2D eigenvalue weighted by molar-refractivity contribution is -0.384. The second-order valence-electron chi connectivity index (χ2n) is 4.21. The van der Waals surface area contributed by atoms with Gasteiger partial charge in [0.15, 0.2) is 0 Å². The van der Waals surface area contributed by atoms with Crippen molar-refractivity contribution in [1.29, 1.82) is 0 Å². The van der Waals surface area contributed by atoms with Crippen LogP contribution in [-0.4, -0.2) is 47.9 Å². The van der Waals surface area contributed by atoms with Crippen molar-refractivity contribution in [2.24, 2.45) is 0 Å². The Balaban J connectivity index is 0.000000690. The molecule has 118 valence electrons. The number of anilines is 1. The van der Waals surface area contributed by atoms with Crippen LogP contribution >= 0.6 is 11.6 Å². The Morgan fingerprint density at radius 3 is 2.29 bits per heavy atom. The summed E-state index contributed by atoms with van der Waals surface area (Å²) in [6, 6.07) is 6.08. The number of nitrogens with one attached hydrogen (secondary N) is 2. The van der Waals surface area contributed by atoms with Crippen LogP contribution in [0.25, 0.3) is 0 Å². The Kier molecular flexibility index (Phi) is 10.1. The average Bonchev–Trinajstić information content (AvgIpc) is 2.46. The molecule has 0 bridgehead atoms. The van der Waals surface area contributed by atoms with Crippen LogP contribution < -0.4 is 10.6 Å². The molecule has 0 heterocycles. The van der Waals surface area contributed by atoms with E-state index in [4.69, 9.17) is 11.6 Å². The van der Waals surface area contributed by atoms with Crippen molar-refractivity contribution in [1.82, 2.24) is 5.32 Å². The molecule has 0 fully saturated rings. The number of rotatable bonds is 7. The number of carbonyl (C=O) groups is 1. The first-order valence-electron chi connectivity index (χ1n) is 6.31. The molecule has 2 atom stereocenters. The molecule has 0 aliphatic carbocycles. The standard InChI is InChI=1S/C10H15N3O3.C3H5ClO/c1-11-6-10(14)7-12-8-2-4-9(5-3-8)13(15)16;1-3(4)2-5/h2-5,10-12,14H,6-7H2,1H3;2-3H,1H3. The van der Waals surface area contributed by atoms with Gasteiger partial charge in [0.1, 0.15) is 6.29 Å². The molecule has 1 aromatic rings. The Labute approximate surface area is 128 Å². The Morgan fingerprint density at radius 1 is 1.38 bits per heavy atom. The predicted molar refractivity (Wildman–Crippen MR) is 82.9 cm³/mol. The molecule has 0 saturated carbocycles. The minimum absolute atomic E-state index is 0.0568. The summed E-state index contributed by atoms with van der Waals surface area (Å²) in [5.74, 6) is 0. The van der Waals surface area contributed by atoms with Crippen LogP contribution in [0.15, 0.2) is 24.3 Å². The third-order valence-electron chi connectivity index (χ3n) is 2.25. The summed E-state index contributed by atoms with van der Waals surface area (Å²) in [4.78, 5) is 19.3. The number of nitro groups is 1. The van der Waals surface area contributed by atoms with Gasteiger partial charge in [0.05, 0.1) is 16.4 Å². The van der Waals surface area contributed by atoms with Gasteiger partial charge in [-0.3, -0.25) is 10.1 Å². The topological polar surface area (TPSA) is 104 Å². The number of alkyl halides is 1. The van der Waals surface area contributed by atoms with Crippen molar-refractivity contribution in [3.05, 3.63) is 34.4 Å². The highest BCUT2D eigenvalue weighted by Crippen LogP contribution is 2.15. The van der Waals surface area contributed by atoms with E-state index in [1.807, 2.05) is 0 Å². The van der Waals surface area contributed by atoms with Gasteiger partial charge in [0, 0.05) is 30.9 Å². The van der Waals surface area contributed by atoms with E-state index < -0.39 is 11.0 Å². The monoisotopic (exact) mass is 317 g/mol. The van der Waals surface area contributed by atoms with Gasteiger partial charge in [-0.25, -0.2) is 0 Å². The Hall–Kier alpha value is -1.70. The minimum atomic E-state index is -0.486. The smallest absolute Gasteiger partial charge is 0.269 e. The molecule has 0 aliphatic rings. The molecule has 7 nitrogen and oxygen atoms in total. The van der Waals surface area contributed by atoms with Crippen molar-refractivity contribution in [2.75, 3.05) is 25.5 Å². The summed E-state index contributed by atoms with van der Waals surface area (Å²) in [6.45, 7) is 2.52. The van der Waals surface area contributed by atoms with Crippen molar-refractivity contribution < 1.29 is 14.8 Å². The molecule has 0 aromatic heterocycles. The van der Waals surface area contributed by atoms with Gasteiger partial charge in [-0.15, -0.1) is 11.6 Å². The molecule has 0 amide bonds. The zero-order valence-corrected chi connectivity index (χ0v) is 12.7. The Morgan fingerprint density at radius 2 is 1.90 bits per heavy atom. The maximum absolute atomic E-state index is 10.4. The lowest BCUT2D eigenvalue weighted by Gasteiger charge is -2.11. The molecule has 0 saturated heterocycles. The van der Waals surface area contributed by atoms with Crippen molar-refractivity contribution in [2.45, 2.75) is 18.4 Å². The number of benzene rings is 1. The number of aldehydes is 1. The van der Waals surface area contributed by atoms with Gasteiger partial charge in [-0.05, 0) is 26.1 Å². The number of hydrogen-bond donors (Lipinski definition) is 3. The normalized spacial score (nSPS) is 12.6. The number of likely N-dealkylation sites (N-methyl/N-ethyl adjacent to an activating group) is 1. The van der Waals surface area contributed by atoms with Crippen LogP contribution in [0.2, 0.25) is 0 Å². The average molecular weight is 318 g/mol. The first kappa shape index (κ1) is 19.3. The highest BCUT2D eigenvalue weighted by molar-refractivity contribution is 6.27. The van der Waals surface area contributed by atoms with E-state index in [2.05, 4.69) is 10.6 Å². The van der Waals surface area contributed by atoms with Crippen LogP contribution in [0.1, 0.15) is 6.92 Å². The molecule has 0 spiro atoms. The van der Waals surface area contributed by atoms with E-state index in [0.29, 0.717) is 19.4 Å².